The van der Waals surface area contributed by atoms with E-state index in [0.29, 0.717) is 0 Å². The number of hydrogen-bond acceptors (Lipinski definition) is 0. The molecule has 0 unspecified atom stereocenters. The van der Waals surface area contributed by atoms with E-state index in [0.717, 1.165) is 11.6 Å². The van der Waals surface area contributed by atoms with Crippen LogP contribution in [0.5, 0.6) is 0 Å². The molecule has 20 heavy (non-hydrogen) atoms. The molecule has 0 aliphatic heterocycles. The Morgan fingerprint density at radius 3 is 1.95 bits per heavy atom. The van der Waals surface area contributed by atoms with E-state index in [1.54, 1.807) is 19.1 Å². The van der Waals surface area contributed by atoms with Crippen molar-refractivity contribution in [2.45, 2.75) is 13.8 Å². The average molecular weight is 280 g/mol. The maximum absolute atomic E-state index is 14.0. The van der Waals surface area contributed by atoms with Gasteiger partial charge in [-0.3, -0.25) is 0 Å². The molecule has 0 saturated carbocycles. The fourth-order valence-corrected chi connectivity index (χ4v) is 1.76. The summed E-state index contributed by atoms with van der Waals surface area (Å²) in [5.74, 6) is -5.18. The molecule has 2 aromatic rings. The third-order valence-electron chi connectivity index (χ3n) is 3.01. The zero-order chi connectivity index (χ0) is 14.9. The van der Waals surface area contributed by atoms with Gasteiger partial charge in [0.1, 0.15) is 0 Å². The fourth-order valence-electron chi connectivity index (χ4n) is 1.76. The van der Waals surface area contributed by atoms with Crippen molar-refractivity contribution >= 4 is 11.7 Å². The van der Waals surface area contributed by atoms with Crippen molar-refractivity contribution in [3.63, 3.8) is 0 Å². The SMILES string of the molecule is Cc1ccc(C(F)=C(F)c2ccc(C)c(F)c2F)cc1. The molecule has 0 radical (unpaired) electrons. The summed E-state index contributed by atoms with van der Waals surface area (Å²) in [6.07, 6.45) is 0. The van der Waals surface area contributed by atoms with Crippen LogP contribution in [0.1, 0.15) is 22.3 Å². The first-order chi connectivity index (χ1) is 9.41. The molecule has 2 rings (SSSR count). The summed E-state index contributed by atoms with van der Waals surface area (Å²) in [5.41, 5.74) is 0.184. The van der Waals surface area contributed by atoms with Crippen LogP contribution in [0.3, 0.4) is 0 Å². The molecule has 0 atom stereocenters. The zero-order valence-electron chi connectivity index (χ0n) is 11.0. The largest absolute Gasteiger partial charge is 0.203 e. The van der Waals surface area contributed by atoms with Gasteiger partial charge in [0, 0.05) is 5.56 Å². The smallest absolute Gasteiger partial charge is 0.169 e. The van der Waals surface area contributed by atoms with Crippen LogP contribution in [-0.4, -0.2) is 0 Å². The van der Waals surface area contributed by atoms with Crippen LogP contribution in [0.4, 0.5) is 17.6 Å². The summed E-state index contributed by atoms with van der Waals surface area (Å²) in [4.78, 5) is 0. The third kappa shape index (κ3) is 2.59. The summed E-state index contributed by atoms with van der Waals surface area (Å²) in [7, 11) is 0. The van der Waals surface area contributed by atoms with Gasteiger partial charge in [0.25, 0.3) is 0 Å². The normalized spacial score (nSPS) is 12.3. The molecule has 0 aliphatic carbocycles. The molecule has 0 fully saturated rings. The van der Waals surface area contributed by atoms with Crippen LogP contribution in [0.2, 0.25) is 0 Å². The van der Waals surface area contributed by atoms with Gasteiger partial charge < -0.3 is 0 Å². The summed E-state index contributed by atoms with van der Waals surface area (Å²) >= 11 is 0. The number of hydrogen-bond donors (Lipinski definition) is 0. The molecule has 0 heterocycles. The van der Waals surface area contributed by atoms with Crippen molar-refractivity contribution in [3.8, 4) is 0 Å². The minimum Gasteiger partial charge on any atom is -0.203 e. The Hall–Kier alpha value is -2.10. The predicted octanol–water partition coefficient (Wildman–Crippen LogP) is 5.35. The summed E-state index contributed by atoms with van der Waals surface area (Å²) < 4.78 is 55.0. The van der Waals surface area contributed by atoms with E-state index < -0.39 is 28.9 Å². The fraction of sp³-hybridized carbons (Fsp3) is 0.125. The Balaban J connectivity index is 2.54. The predicted molar refractivity (Wildman–Crippen MR) is 71.3 cm³/mol. The molecular formula is C16H12F4. The molecule has 104 valence electrons. The molecule has 2 aromatic carbocycles. The molecule has 0 saturated heterocycles. The van der Waals surface area contributed by atoms with Crippen LogP contribution in [0.25, 0.3) is 11.7 Å². The van der Waals surface area contributed by atoms with Crippen molar-refractivity contribution < 1.29 is 17.6 Å². The lowest BCUT2D eigenvalue weighted by Crippen LogP contribution is -1.95. The van der Waals surface area contributed by atoms with Crippen LogP contribution < -0.4 is 0 Å². The highest BCUT2D eigenvalue weighted by Crippen LogP contribution is 2.31. The second-order valence-electron chi connectivity index (χ2n) is 4.55. The first-order valence-corrected chi connectivity index (χ1v) is 5.99. The van der Waals surface area contributed by atoms with Gasteiger partial charge in [-0.15, -0.1) is 0 Å². The Morgan fingerprint density at radius 1 is 0.750 bits per heavy atom. The monoisotopic (exact) mass is 280 g/mol. The van der Waals surface area contributed by atoms with E-state index in [2.05, 4.69) is 0 Å². The molecule has 0 N–H and O–H groups in total. The van der Waals surface area contributed by atoms with Gasteiger partial charge in [-0.2, -0.15) is 0 Å². The van der Waals surface area contributed by atoms with E-state index in [1.807, 2.05) is 0 Å². The number of halogens is 4. The molecular weight excluding hydrogens is 268 g/mol. The molecule has 0 spiro atoms. The topological polar surface area (TPSA) is 0 Å². The molecule has 0 aromatic heterocycles. The first-order valence-electron chi connectivity index (χ1n) is 5.99. The molecule has 0 nitrogen and oxygen atoms in total. The maximum Gasteiger partial charge on any atom is 0.169 e. The standard InChI is InChI=1S/C16H12F4/c1-9-3-6-11(7-4-9)14(18)16(20)12-8-5-10(2)13(17)15(12)19/h3-8H,1-2H3. The average Bonchev–Trinajstić information content (AvgIpc) is 2.44. The van der Waals surface area contributed by atoms with E-state index in [-0.39, 0.29) is 11.1 Å². The number of rotatable bonds is 2. The van der Waals surface area contributed by atoms with Gasteiger partial charge in [-0.25, -0.2) is 17.6 Å². The second-order valence-corrected chi connectivity index (χ2v) is 4.55. The first kappa shape index (κ1) is 14.3. The maximum atomic E-state index is 14.0. The molecule has 0 bridgehead atoms. The van der Waals surface area contributed by atoms with Gasteiger partial charge in [-0.05, 0) is 25.5 Å². The Kier molecular flexibility index (Phi) is 3.93. The lowest BCUT2D eigenvalue weighted by molar-refractivity contribution is 0.497. The highest BCUT2D eigenvalue weighted by molar-refractivity contribution is 5.83. The zero-order valence-corrected chi connectivity index (χ0v) is 11.0. The van der Waals surface area contributed by atoms with Crippen LogP contribution in [0.15, 0.2) is 36.4 Å². The summed E-state index contributed by atoms with van der Waals surface area (Å²) in [6.45, 7) is 3.15. The molecule has 0 amide bonds. The minimum atomic E-state index is -1.41. The number of benzene rings is 2. The molecule has 0 aliphatic rings. The van der Waals surface area contributed by atoms with Crippen molar-refractivity contribution in [1.82, 2.24) is 0 Å². The van der Waals surface area contributed by atoms with Gasteiger partial charge >= 0.3 is 0 Å². The lowest BCUT2D eigenvalue weighted by Gasteiger charge is -2.06. The van der Waals surface area contributed by atoms with Crippen LogP contribution in [-0.2, 0) is 0 Å². The Morgan fingerprint density at radius 2 is 1.35 bits per heavy atom. The Labute approximate surface area is 114 Å². The highest BCUT2D eigenvalue weighted by Gasteiger charge is 2.18. The van der Waals surface area contributed by atoms with E-state index in [4.69, 9.17) is 0 Å². The van der Waals surface area contributed by atoms with Crippen molar-refractivity contribution in [3.05, 3.63) is 70.3 Å². The third-order valence-corrected chi connectivity index (χ3v) is 3.01. The van der Waals surface area contributed by atoms with E-state index >= 15 is 0 Å². The van der Waals surface area contributed by atoms with Gasteiger partial charge in [0.05, 0.1) is 5.56 Å². The quantitative estimate of drug-likeness (QED) is 0.514. The van der Waals surface area contributed by atoms with Gasteiger partial charge in [0.15, 0.2) is 23.3 Å². The highest BCUT2D eigenvalue weighted by atomic mass is 19.2. The second kappa shape index (κ2) is 5.49. The lowest BCUT2D eigenvalue weighted by atomic mass is 10.1. The Bertz CT molecular complexity index is 670. The van der Waals surface area contributed by atoms with Crippen LogP contribution >= 0.6 is 0 Å². The van der Waals surface area contributed by atoms with E-state index in [1.165, 1.54) is 25.1 Å². The minimum absolute atomic E-state index is 0.0199. The molecule has 4 heteroatoms. The van der Waals surface area contributed by atoms with Crippen molar-refractivity contribution in [2.24, 2.45) is 0 Å². The van der Waals surface area contributed by atoms with Crippen molar-refractivity contribution in [1.29, 1.82) is 0 Å². The van der Waals surface area contributed by atoms with Gasteiger partial charge in [0.2, 0.25) is 0 Å². The van der Waals surface area contributed by atoms with Crippen LogP contribution in [0, 0.1) is 25.5 Å². The van der Waals surface area contributed by atoms with E-state index in [9.17, 15) is 17.6 Å². The summed E-state index contributed by atoms with van der Waals surface area (Å²) in [6, 6.07) is 8.20. The summed E-state index contributed by atoms with van der Waals surface area (Å²) in [5, 5.41) is 0. The number of aryl methyl sites for hydroxylation is 2. The van der Waals surface area contributed by atoms with Crippen molar-refractivity contribution in [2.75, 3.05) is 0 Å². The van der Waals surface area contributed by atoms with Gasteiger partial charge in [-0.1, -0.05) is 35.9 Å².